The molecule has 1 aromatic carbocycles. The van der Waals surface area contributed by atoms with E-state index in [1.54, 1.807) is 13.0 Å². The number of nitrogens with one attached hydrogen (secondary N) is 2. The first-order chi connectivity index (χ1) is 13.1. The minimum Gasteiger partial charge on any atom is -0.480 e. The Morgan fingerprint density at radius 2 is 1.86 bits per heavy atom. The van der Waals surface area contributed by atoms with Crippen molar-refractivity contribution in [3.8, 4) is 0 Å². The first-order valence-electron chi connectivity index (χ1n) is 8.85. The predicted molar refractivity (Wildman–Crippen MR) is 97.7 cm³/mol. The molecule has 0 saturated heterocycles. The zero-order valence-corrected chi connectivity index (χ0v) is 16.0. The van der Waals surface area contributed by atoms with Crippen molar-refractivity contribution in [1.29, 1.82) is 0 Å². The predicted octanol–water partition coefficient (Wildman–Crippen LogP) is 1.03. The van der Waals surface area contributed by atoms with E-state index in [1.807, 2.05) is 0 Å². The van der Waals surface area contributed by atoms with Gasteiger partial charge in [0.15, 0.2) is 0 Å². The van der Waals surface area contributed by atoms with Crippen LogP contribution >= 0.6 is 0 Å². The van der Waals surface area contributed by atoms with E-state index < -0.39 is 47.6 Å². The summed E-state index contributed by atoms with van der Waals surface area (Å²) in [5.74, 6) is -4.38. The number of carboxylic acids is 1. The number of esters is 1. The van der Waals surface area contributed by atoms with E-state index in [1.165, 1.54) is 32.0 Å². The third-order valence-corrected chi connectivity index (χ3v) is 3.92. The van der Waals surface area contributed by atoms with Gasteiger partial charge in [-0.25, -0.2) is 9.18 Å². The second-order valence-corrected chi connectivity index (χ2v) is 6.38. The van der Waals surface area contributed by atoms with Crippen molar-refractivity contribution in [2.75, 3.05) is 6.61 Å². The molecule has 3 atom stereocenters. The normalized spacial score (nSPS) is 13.7. The molecule has 0 unspecified atom stereocenters. The summed E-state index contributed by atoms with van der Waals surface area (Å²) in [5.41, 5.74) is 0.459. The number of carboxylic acid groups (broad SMARTS) is 1. The number of amides is 2. The molecular weight excluding hydrogens is 371 g/mol. The lowest BCUT2D eigenvalue weighted by Crippen LogP contribution is -2.52. The van der Waals surface area contributed by atoms with E-state index in [0.29, 0.717) is 5.56 Å². The first-order valence-corrected chi connectivity index (χ1v) is 8.85. The highest BCUT2D eigenvalue weighted by atomic mass is 19.1. The molecule has 0 saturated carbocycles. The van der Waals surface area contributed by atoms with Gasteiger partial charge in [0.2, 0.25) is 11.8 Å². The number of carbonyl (C=O) groups is 4. The Kier molecular flexibility index (Phi) is 9.07. The maximum Gasteiger partial charge on any atom is 0.326 e. The molecule has 9 heteroatoms. The number of hydrogen-bond donors (Lipinski definition) is 3. The Labute approximate surface area is 162 Å². The third kappa shape index (κ3) is 7.73. The Hall–Kier alpha value is -2.97. The standard InChI is InChI=1S/C19H25FN2O6/c1-4-28-19(27)11(2)8-16(18(25)26)22-17(24)15(21-12(3)23)10-13-6-5-7-14(20)9-13/h5-7,9,11,15-16H,4,8,10H2,1-3H3,(H,21,23)(H,22,24)(H,25,26)/t11-,15-,16-/m1/s1. The molecule has 0 aromatic heterocycles. The van der Waals surface area contributed by atoms with Crippen LogP contribution < -0.4 is 10.6 Å². The number of halogens is 1. The van der Waals surface area contributed by atoms with Crippen LogP contribution in [0.2, 0.25) is 0 Å². The molecule has 3 N–H and O–H groups in total. The van der Waals surface area contributed by atoms with Crippen LogP contribution in [0.5, 0.6) is 0 Å². The van der Waals surface area contributed by atoms with Gasteiger partial charge in [-0.3, -0.25) is 14.4 Å². The van der Waals surface area contributed by atoms with E-state index >= 15 is 0 Å². The molecule has 0 spiro atoms. The molecule has 0 aliphatic carbocycles. The summed E-state index contributed by atoms with van der Waals surface area (Å²) in [6.45, 7) is 4.50. The van der Waals surface area contributed by atoms with Gasteiger partial charge in [0.05, 0.1) is 12.5 Å². The average Bonchev–Trinajstić information content (AvgIpc) is 2.60. The molecule has 0 fully saturated rings. The van der Waals surface area contributed by atoms with Crippen LogP contribution in [0.4, 0.5) is 4.39 Å². The highest BCUT2D eigenvalue weighted by Gasteiger charge is 2.29. The van der Waals surface area contributed by atoms with Crippen LogP contribution in [-0.4, -0.2) is 47.6 Å². The quantitative estimate of drug-likeness (QED) is 0.508. The van der Waals surface area contributed by atoms with Crippen molar-refractivity contribution in [1.82, 2.24) is 10.6 Å². The van der Waals surface area contributed by atoms with Crippen LogP contribution in [-0.2, 0) is 30.3 Å². The highest BCUT2D eigenvalue weighted by Crippen LogP contribution is 2.11. The fourth-order valence-electron chi connectivity index (χ4n) is 2.58. The van der Waals surface area contributed by atoms with Crippen LogP contribution in [0.3, 0.4) is 0 Å². The fourth-order valence-corrected chi connectivity index (χ4v) is 2.58. The summed E-state index contributed by atoms with van der Waals surface area (Å²) in [6, 6.07) is 3.07. The smallest absolute Gasteiger partial charge is 0.326 e. The van der Waals surface area contributed by atoms with Crippen molar-refractivity contribution in [2.45, 2.75) is 45.7 Å². The van der Waals surface area contributed by atoms with Crippen molar-refractivity contribution < 1.29 is 33.4 Å². The summed E-state index contributed by atoms with van der Waals surface area (Å²) in [5, 5.41) is 14.1. The van der Waals surface area contributed by atoms with Gasteiger partial charge in [-0.05, 0) is 31.0 Å². The molecule has 0 bridgehead atoms. The Balaban J connectivity index is 2.88. The summed E-state index contributed by atoms with van der Waals surface area (Å²) in [7, 11) is 0. The van der Waals surface area contributed by atoms with Crippen LogP contribution in [0, 0.1) is 11.7 Å². The number of aliphatic carboxylic acids is 1. The highest BCUT2D eigenvalue weighted by molar-refractivity contribution is 5.90. The van der Waals surface area contributed by atoms with Crippen molar-refractivity contribution >= 4 is 23.8 Å². The number of benzene rings is 1. The van der Waals surface area contributed by atoms with E-state index in [9.17, 15) is 28.7 Å². The first kappa shape index (κ1) is 23.1. The lowest BCUT2D eigenvalue weighted by Gasteiger charge is -2.22. The molecule has 8 nitrogen and oxygen atoms in total. The third-order valence-electron chi connectivity index (χ3n) is 3.92. The van der Waals surface area contributed by atoms with E-state index in [2.05, 4.69) is 10.6 Å². The minimum atomic E-state index is -1.35. The van der Waals surface area contributed by atoms with Gasteiger partial charge in [0.1, 0.15) is 17.9 Å². The molecule has 1 rings (SSSR count). The monoisotopic (exact) mass is 396 g/mol. The molecule has 0 heterocycles. The molecule has 28 heavy (non-hydrogen) atoms. The maximum absolute atomic E-state index is 13.4. The summed E-state index contributed by atoms with van der Waals surface area (Å²) in [6.07, 6.45) is -0.199. The van der Waals surface area contributed by atoms with Gasteiger partial charge in [-0.1, -0.05) is 19.1 Å². The number of rotatable bonds is 10. The Morgan fingerprint density at radius 3 is 2.39 bits per heavy atom. The number of hydrogen-bond acceptors (Lipinski definition) is 5. The van der Waals surface area contributed by atoms with Crippen LogP contribution in [0.1, 0.15) is 32.8 Å². The molecule has 0 aliphatic heterocycles. The summed E-state index contributed by atoms with van der Waals surface area (Å²) in [4.78, 5) is 47.2. The van der Waals surface area contributed by atoms with E-state index in [-0.39, 0.29) is 19.4 Å². The molecular formula is C19H25FN2O6. The van der Waals surface area contributed by atoms with Gasteiger partial charge in [-0.15, -0.1) is 0 Å². The van der Waals surface area contributed by atoms with Gasteiger partial charge < -0.3 is 20.5 Å². The lowest BCUT2D eigenvalue weighted by molar-refractivity contribution is -0.149. The van der Waals surface area contributed by atoms with Crippen LogP contribution in [0.15, 0.2) is 24.3 Å². The number of ether oxygens (including phenoxy) is 1. The average molecular weight is 396 g/mol. The number of carbonyl (C=O) groups excluding carboxylic acids is 3. The topological polar surface area (TPSA) is 122 Å². The second kappa shape index (κ2) is 11.0. The van der Waals surface area contributed by atoms with Gasteiger partial charge in [-0.2, -0.15) is 0 Å². The van der Waals surface area contributed by atoms with Gasteiger partial charge >= 0.3 is 11.9 Å². The molecule has 2 amide bonds. The minimum absolute atomic E-state index is 0.0249. The van der Waals surface area contributed by atoms with Crippen molar-refractivity contribution in [3.63, 3.8) is 0 Å². The maximum atomic E-state index is 13.4. The molecule has 154 valence electrons. The summed E-state index contributed by atoms with van der Waals surface area (Å²) >= 11 is 0. The van der Waals surface area contributed by atoms with Gasteiger partial charge in [0, 0.05) is 13.3 Å². The van der Waals surface area contributed by atoms with E-state index in [4.69, 9.17) is 4.74 Å². The SMILES string of the molecule is CCOC(=O)[C@H](C)C[C@@H](NC(=O)[C@@H](Cc1cccc(F)c1)NC(C)=O)C(=O)O. The molecule has 1 aromatic rings. The zero-order valence-electron chi connectivity index (χ0n) is 16.0. The van der Waals surface area contributed by atoms with Crippen molar-refractivity contribution in [3.05, 3.63) is 35.6 Å². The lowest BCUT2D eigenvalue weighted by atomic mass is 10.0. The summed E-state index contributed by atoms with van der Waals surface area (Å²) < 4.78 is 18.2. The van der Waals surface area contributed by atoms with E-state index in [0.717, 1.165) is 0 Å². The van der Waals surface area contributed by atoms with Gasteiger partial charge in [0.25, 0.3) is 0 Å². The zero-order chi connectivity index (χ0) is 21.3. The second-order valence-electron chi connectivity index (χ2n) is 6.38. The fraction of sp³-hybridized carbons (Fsp3) is 0.474. The Morgan fingerprint density at radius 1 is 1.18 bits per heavy atom. The van der Waals surface area contributed by atoms with Crippen LogP contribution in [0.25, 0.3) is 0 Å². The van der Waals surface area contributed by atoms with Crippen molar-refractivity contribution in [2.24, 2.45) is 5.92 Å². The Bertz CT molecular complexity index is 724. The molecule has 0 radical (unpaired) electrons. The molecule has 0 aliphatic rings. The largest absolute Gasteiger partial charge is 0.480 e.